The monoisotopic (exact) mass is 316 g/mol. The maximum Gasteiger partial charge on any atom is 0.145 e. The molecule has 0 spiro atoms. The van der Waals surface area contributed by atoms with Crippen LogP contribution in [0.3, 0.4) is 0 Å². The Hall–Kier alpha value is -3.15. The molecular weight excluding hydrogens is 304 g/mol. The summed E-state index contributed by atoms with van der Waals surface area (Å²) < 4.78 is 1.15. The van der Waals surface area contributed by atoms with Gasteiger partial charge in [0.05, 0.1) is 10.2 Å². The normalized spacial score (nSPS) is 9.87. The first kappa shape index (κ1) is 14.8. The summed E-state index contributed by atoms with van der Waals surface area (Å²) >= 11 is 1.64. The van der Waals surface area contributed by atoms with Gasteiger partial charge in [0.2, 0.25) is 0 Å². The van der Waals surface area contributed by atoms with E-state index >= 15 is 0 Å². The second-order valence-electron chi connectivity index (χ2n) is 4.94. The van der Waals surface area contributed by atoms with Crippen molar-refractivity contribution < 1.29 is 0 Å². The molecule has 0 amide bonds. The molecule has 1 heterocycles. The molecule has 0 aliphatic carbocycles. The molecule has 0 saturated carbocycles. The Balaban J connectivity index is 1.98. The molecule has 0 radical (unpaired) electrons. The van der Waals surface area contributed by atoms with E-state index in [-0.39, 0.29) is 5.57 Å². The summed E-state index contributed by atoms with van der Waals surface area (Å²) in [5.41, 5.74) is 3.91. The molecule has 1 aromatic heterocycles. The van der Waals surface area contributed by atoms with Gasteiger partial charge in [0, 0.05) is 17.5 Å². The fourth-order valence-electron chi connectivity index (χ4n) is 2.15. The van der Waals surface area contributed by atoms with Crippen LogP contribution in [-0.4, -0.2) is 4.98 Å². The van der Waals surface area contributed by atoms with Gasteiger partial charge in [-0.3, -0.25) is 0 Å². The first-order chi connectivity index (χ1) is 11.2. The zero-order valence-electron chi connectivity index (χ0n) is 12.4. The molecule has 3 rings (SSSR count). The van der Waals surface area contributed by atoms with Crippen molar-refractivity contribution in [2.45, 2.75) is 6.92 Å². The van der Waals surface area contributed by atoms with Gasteiger partial charge in [-0.05, 0) is 30.7 Å². The average Bonchev–Trinajstić information content (AvgIpc) is 3.01. The van der Waals surface area contributed by atoms with Gasteiger partial charge in [-0.25, -0.2) is 4.98 Å². The van der Waals surface area contributed by atoms with Crippen LogP contribution in [0.4, 0.5) is 5.69 Å². The summed E-state index contributed by atoms with van der Waals surface area (Å²) in [5.74, 6) is 0. The van der Waals surface area contributed by atoms with E-state index in [1.807, 2.05) is 55.5 Å². The standard InChI is InChI=1S/C18H12N4S/c1-12-6-7-14(8-16(12)21-11-13(9-19)10-20)18-22-15-4-2-3-5-17(15)23-18/h2-8,11,21H,1H3. The Morgan fingerprint density at radius 1 is 1.17 bits per heavy atom. The predicted molar refractivity (Wildman–Crippen MR) is 92.7 cm³/mol. The fourth-order valence-corrected chi connectivity index (χ4v) is 3.11. The van der Waals surface area contributed by atoms with Gasteiger partial charge >= 0.3 is 0 Å². The molecule has 110 valence electrons. The number of anilines is 1. The van der Waals surface area contributed by atoms with Gasteiger partial charge in [-0.1, -0.05) is 24.3 Å². The molecule has 1 N–H and O–H groups in total. The van der Waals surface area contributed by atoms with E-state index in [0.29, 0.717) is 0 Å². The molecule has 0 aliphatic heterocycles. The van der Waals surface area contributed by atoms with Crippen LogP contribution in [-0.2, 0) is 0 Å². The van der Waals surface area contributed by atoms with E-state index in [2.05, 4.69) is 16.4 Å². The number of nitrogens with zero attached hydrogens (tertiary/aromatic N) is 3. The number of thiazole rings is 1. The van der Waals surface area contributed by atoms with E-state index in [9.17, 15) is 0 Å². The Morgan fingerprint density at radius 3 is 2.70 bits per heavy atom. The van der Waals surface area contributed by atoms with Gasteiger partial charge < -0.3 is 5.32 Å². The third-order valence-corrected chi connectivity index (χ3v) is 4.48. The smallest absolute Gasteiger partial charge is 0.145 e. The zero-order valence-corrected chi connectivity index (χ0v) is 13.2. The molecule has 5 heteroatoms. The summed E-state index contributed by atoms with van der Waals surface area (Å²) in [6, 6.07) is 17.7. The maximum absolute atomic E-state index is 8.80. The highest BCUT2D eigenvalue weighted by Gasteiger charge is 2.08. The highest BCUT2D eigenvalue weighted by molar-refractivity contribution is 7.21. The lowest BCUT2D eigenvalue weighted by Gasteiger charge is -2.07. The molecule has 0 unspecified atom stereocenters. The third-order valence-electron chi connectivity index (χ3n) is 3.39. The molecule has 3 aromatic rings. The molecule has 0 saturated heterocycles. The van der Waals surface area contributed by atoms with Crippen molar-refractivity contribution in [3.05, 3.63) is 59.8 Å². The Bertz CT molecular complexity index is 937. The predicted octanol–water partition coefficient (Wildman–Crippen LogP) is 4.61. The van der Waals surface area contributed by atoms with Gasteiger partial charge in [0.25, 0.3) is 0 Å². The summed E-state index contributed by atoms with van der Waals surface area (Å²) in [7, 11) is 0. The lowest BCUT2D eigenvalue weighted by atomic mass is 10.1. The van der Waals surface area contributed by atoms with Crippen LogP contribution < -0.4 is 5.32 Å². The zero-order chi connectivity index (χ0) is 16.2. The first-order valence-electron chi connectivity index (χ1n) is 6.95. The van der Waals surface area contributed by atoms with Crippen molar-refractivity contribution >= 4 is 27.2 Å². The second-order valence-corrected chi connectivity index (χ2v) is 5.97. The Kier molecular flexibility index (Phi) is 4.05. The van der Waals surface area contributed by atoms with Gasteiger partial charge in [-0.2, -0.15) is 10.5 Å². The number of hydrogen-bond donors (Lipinski definition) is 1. The Labute approximate surface area is 138 Å². The number of allylic oxidation sites excluding steroid dienone is 1. The minimum Gasteiger partial charge on any atom is -0.360 e. The van der Waals surface area contributed by atoms with Crippen LogP contribution in [0.5, 0.6) is 0 Å². The number of para-hydroxylation sites is 1. The summed E-state index contributed by atoms with van der Waals surface area (Å²) in [6.07, 6.45) is 1.42. The van der Waals surface area contributed by atoms with E-state index < -0.39 is 0 Å². The van der Waals surface area contributed by atoms with Crippen molar-refractivity contribution in [3.8, 4) is 22.7 Å². The molecule has 0 atom stereocenters. The van der Waals surface area contributed by atoms with Crippen LogP contribution >= 0.6 is 11.3 Å². The van der Waals surface area contributed by atoms with E-state index in [1.165, 1.54) is 6.20 Å². The van der Waals surface area contributed by atoms with Crippen molar-refractivity contribution in [2.24, 2.45) is 0 Å². The minimum atomic E-state index is 0.0368. The highest BCUT2D eigenvalue weighted by Crippen LogP contribution is 2.32. The van der Waals surface area contributed by atoms with Crippen LogP contribution in [0.15, 0.2) is 54.2 Å². The lowest BCUT2D eigenvalue weighted by Crippen LogP contribution is -1.93. The SMILES string of the molecule is Cc1ccc(-c2nc3ccccc3s2)cc1NC=C(C#N)C#N. The number of nitriles is 2. The number of nitrogens with one attached hydrogen (secondary N) is 1. The van der Waals surface area contributed by atoms with E-state index in [0.717, 1.165) is 32.0 Å². The molecular formula is C18H12N4S. The molecule has 0 aliphatic rings. The van der Waals surface area contributed by atoms with E-state index in [4.69, 9.17) is 10.5 Å². The second kappa shape index (κ2) is 6.31. The quantitative estimate of drug-likeness (QED) is 0.716. The topological polar surface area (TPSA) is 72.5 Å². The lowest BCUT2D eigenvalue weighted by molar-refractivity contribution is 1.40. The number of aryl methyl sites for hydroxylation is 1. The van der Waals surface area contributed by atoms with E-state index in [1.54, 1.807) is 11.3 Å². The van der Waals surface area contributed by atoms with Crippen molar-refractivity contribution in [1.82, 2.24) is 4.98 Å². The molecule has 23 heavy (non-hydrogen) atoms. The van der Waals surface area contributed by atoms with Crippen LogP contribution in [0.1, 0.15) is 5.56 Å². The van der Waals surface area contributed by atoms with Gasteiger partial charge in [0.1, 0.15) is 22.7 Å². The maximum atomic E-state index is 8.80. The molecule has 0 fully saturated rings. The molecule has 2 aromatic carbocycles. The average molecular weight is 316 g/mol. The van der Waals surface area contributed by atoms with Gasteiger partial charge in [-0.15, -0.1) is 11.3 Å². The summed E-state index contributed by atoms with van der Waals surface area (Å²) in [4.78, 5) is 4.65. The minimum absolute atomic E-state index is 0.0368. The largest absolute Gasteiger partial charge is 0.360 e. The highest BCUT2D eigenvalue weighted by atomic mass is 32.1. The van der Waals surface area contributed by atoms with Crippen LogP contribution in [0.2, 0.25) is 0 Å². The van der Waals surface area contributed by atoms with Crippen LogP contribution in [0, 0.1) is 29.6 Å². The van der Waals surface area contributed by atoms with Crippen LogP contribution in [0.25, 0.3) is 20.8 Å². The first-order valence-corrected chi connectivity index (χ1v) is 7.76. The van der Waals surface area contributed by atoms with Gasteiger partial charge in [0.15, 0.2) is 0 Å². The summed E-state index contributed by atoms with van der Waals surface area (Å²) in [5, 5.41) is 21.6. The number of benzene rings is 2. The van der Waals surface area contributed by atoms with Crippen molar-refractivity contribution in [3.63, 3.8) is 0 Å². The van der Waals surface area contributed by atoms with Crippen molar-refractivity contribution in [2.75, 3.05) is 5.32 Å². The third kappa shape index (κ3) is 3.06. The molecule has 0 bridgehead atoms. The number of aromatic nitrogens is 1. The summed E-state index contributed by atoms with van der Waals surface area (Å²) in [6.45, 7) is 1.97. The molecule has 4 nitrogen and oxygen atoms in total. The number of rotatable bonds is 3. The number of fused-ring (bicyclic) bond motifs is 1. The fraction of sp³-hybridized carbons (Fsp3) is 0.0556. The van der Waals surface area contributed by atoms with Crippen molar-refractivity contribution in [1.29, 1.82) is 10.5 Å². The number of hydrogen-bond acceptors (Lipinski definition) is 5. The Morgan fingerprint density at radius 2 is 1.96 bits per heavy atom.